The Morgan fingerprint density at radius 3 is 2.42 bits per heavy atom. The highest BCUT2D eigenvalue weighted by molar-refractivity contribution is 7.59. The van der Waals surface area contributed by atoms with E-state index in [1.54, 1.807) is 21.0 Å². The van der Waals surface area contributed by atoms with E-state index in [-0.39, 0.29) is 20.0 Å². The molecule has 2 aromatic rings. The molecule has 128 valence electrons. The van der Waals surface area contributed by atoms with Crippen LogP contribution >= 0.6 is 7.60 Å². The van der Waals surface area contributed by atoms with Gasteiger partial charge < -0.3 is 9.47 Å². The first-order valence-corrected chi connectivity index (χ1v) is 9.23. The van der Waals surface area contributed by atoms with Crippen LogP contribution in [0.15, 0.2) is 36.4 Å². The molecule has 0 aliphatic rings. The molecule has 0 N–H and O–H groups in total. The average molecular weight is 348 g/mol. The molecule has 0 aromatic heterocycles. The molecular formula is C18H21O5P. The predicted octanol–water partition coefficient (Wildman–Crippen LogP) is 4.40. The van der Waals surface area contributed by atoms with E-state index < -0.39 is 7.60 Å². The standard InChI is InChI=1S/C18H21O5P/c1-4-22-24(19,23-5-2)13-12-17-16-9-7-6-8-15(16)10-11-18(17)21-14-20-3/h6-11H,4-5,14H2,1-3H3. The molecule has 0 spiro atoms. The topological polar surface area (TPSA) is 54.0 Å². The summed E-state index contributed by atoms with van der Waals surface area (Å²) < 4.78 is 33.5. The molecule has 0 atom stereocenters. The van der Waals surface area contributed by atoms with Crippen molar-refractivity contribution >= 4 is 18.4 Å². The maximum absolute atomic E-state index is 12.6. The third-order valence-electron chi connectivity index (χ3n) is 3.14. The summed E-state index contributed by atoms with van der Waals surface area (Å²) in [5.74, 6) is 3.49. The molecule has 2 rings (SSSR count). The lowest BCUT2D eigenvalue weighted by Gasteiger charge is -2.11. The minimum absolute atomic E-state index is 0.0988. The van der Waals surface area contributed by atoms with E-state index in [1.807, 2.05) is 36.4 Å². The molecule has 24 heavy (non-hydrogen) atoms. The summed E-state index contributed by atoms with van der Waals surface area (Å²) in [6.07, 6.45) is 0. The van der Waals surface area contributed by atoms with Gasteiger partial charge in [-0.2, -0.15) is 0 Å². The van der Waals surface area contributed by atoms with Crippen molar-refractivity contribution in [2.75, 3.05) is 27.1 Å². The molecule has 0 saturated carbocycles. The Balaban J connectivity index is 2.53. The number of methoxy groups -OCH3 is 1. The lowest BCUT2D eigenvalue weighted by molar-refractivity contribution is 0.0510. The molecule has 0 bridgehead atoms. The maximum Gasteiger partial charge on any atom is 0.405 e. The van der Waals surface area contributed by atoms with E-state index in [1.165, 1.54) is 0 Å². The predicted molar refractivity (Wildman–Crippen MR) is 94.2 cm³/mol. The SMILES string of the molecule is CCOP(=O)(C#Cc1c(OCOC)ccc2ccccc12)OCC. The average Bonchev–Trinajstić information content (AvgIpc) is 2.58. The van der Waals surface area contributed by atoms with E-state index in [0.717, 1.165) is 10.8 Å². The Morgan fingerprint density at radius 1 is 1.04 bits per heavy atom. The maximum atomic E-state index is 12.6. The van der Waals surface area contributed by atoms with Crippen LogP contribution in [-0.2, 0) is 18.3 Å². The van der Waals surface area contributed by atoms with Gasteiger partial charge in [-0.25, -0.2) is 4.57 Å². The number of benzene rings is 2. The van der Waals surface area contributed by atoms with Crippen LogP contribution in [-0.4, -0.2) is 27.1 Å². The van der Waals surface area contributed by atoms with Crippen LogP contribution < -0.4 is 4.74 Å². The Morgan fingerprint density at radius 2 is 1.75 bits per heavy atom. The van der Waals surface area contributed by atoms with E-state index in [0.29, 0.717) is 11.3 Å². The van der Waals surface area contributed by atoms with Gasteiger partial charge in [-0.05, 0) is 31.2 Å². The van der Waals surface area contributed by atoms with Gasteiger partial charge in [-0.3, -0.25) is 9.05 Å². The van der Waals surface area contributed by atoms with Gasteiger partial charge in [0.2, 0.25) is 0 Å². The van der Waals surface area contributed by atoms with Crippen molar-refractivity contribution in [2.45, 2.75) is 13.8 Å². The molecule has 0 fully saturated rings. The van der Waals surface area contributed by atoms with E-state index in [2.05, 4.69) is 11.6 Å². The van der Waals surface area contributed by atoms with Gasteiger partial charge in [-0.15, -0.1) is 0 Å². The first-order chi connectivity index (χ1) is 11.6. The van der Waals surface area contributed by atoms with Crippen molar-refractivity contribution in [3.63, 3.8) is 0 Å². The zero-order valence-corrected chi connectivity index (χ0v) is 15.0. The molecule has 0 heterocycles. The van der Waals surface area contributed by atoms with Crippen molar-refractivity contribution in [1.82, 2.24) is 0 Å². The Kier molecular flexibility index (Phi) is 6.84. The number of ether oxygens (including phenoxy) is 2. The lowest BCUT2D eigenvalue weighted by atomic mass is 10.0. The normalized spacial score (nSPS) is 11.1. The molecule has 0 unspecified atom stereocenters. The highest BCUT2D eigenvalue weighted by Crippen LogP contribution is 2.47. The minimum atomic E-state index is -3.46. The van der Waals surface area contributed by atoms with Crippen LogP contribution in [0.4, 0.5) is 0 Å². The van der Waals surface area contributed by atoms with Crippen LogP contribution in [0.3, 0.4) is 0 Å². The highest BCUT2D eigenvalue weighted by Gasteiger charge is 2.20. The number of hydrogen-bond donors (Lipinski definition) is 0. The summed E-state index contributed by atoms with van der Waals surface area (Å²) in [4.78, 5) is 0. The van der Waals surface area contributed by atoms with Crippen molar-refractivity contribution in [3.05, 3.63) is 42.0 Å². The molecule has 6 heteroatoms. The first-order valence-electron chi connectivity index (χ1n) is 7.69. The summed E-state index contributed by atoms with van der Waals surface area (Å²) in [6.45, 7) is 4.11. The van der Waals surface area contributed by atoms with Gasteiger partial charge in [0.15, 0.2) is 6.79 Å². The fraction of sp³-hybridized carbons (Fsp3) is 0.333. The van der Waals surface area contributed by atoms with Gasteiger partial charge in [-0.1, -0.05) is 30.3 Å². The Labute approximate surface area is 142 Å². The molecule has 0 amide bonds. The fourth-order valence-electron chi connectivity index (χ4n) is 2.19. The molecule has 2 aromatic carbocycles. The van der Waals surface area contributed by atoms with E-state index in [9.17, 15) is 4.57 Å². The fourth-order valence-corrected chi connectivity index (χ4v) is 3.32. The monoisotopic (exact) mass is 348 g/mol. The van der Waals surface area contributed by atoms with Crippen molar-refractivity contribution < 1.29 is 23.1 Å². The van der Waals surface area contributed by atoms with Crippen LogP contribution in [0.5, 0.6) is 5.75 Å². The van der Waals surface area contributed by atoms with E-state index in [4.69, 9.17) is 18.5 Å². The Hall–Kier alpha value is -1.83. The molecule has 0 radical (unpaired) electrons. The molecule has 0 saturated heterocycles. The van der Waals surface area contributed by atoms with Crippen LogP contribution in [0, 0.1) is 11.6 Å². The first kappa shape index (κ1) is 18.5. The van der Waals surface area contributed by atoms with Crippen LogP contribution in [0.25, 0.3) is 10.8 Å². The third kappa shape index (κ3) is 4.59. The van der Waals surface area contributed by atoms with E-state index >= 15 is 0 Å². The minimum Gasteiger partial charge on any atom is -0.466 e. The van der Waals surface area contributed by atoms with Crippen LogP contribution in [0.2, 0.25) is 0 Å². The van der Waals surface area contributed by atoms with Gasteiger partial charge in [0.25, 0.3) is 0 Å². The third-order valence-corrected chi connectivity index (χ3v) is 4.72. The zero-order chi connectivity index (χ0) is 17.4. The smallest absolute Gasteiger partial charge is 0.405 e. The van der Waals surface area contributed by atoms with Gasteiger partial charge >= 0.3 is 7.60 Å². The second-order valence-electron chi connectivity index (χ2n) is 4.78. The zero-order valence-electron chi connectivity index (χ0n) is 14.1. The van der Waals surface area contributed by atoms with Gasteiger partial charge in [0.1, 0.15) is 5.75 Å². The largest absolute Gasteiger partial charge is 0.466 e. The van der Waals surface area contributed by atoms with Crippen molar-refractivity contribution in [1.29, 1.82) is 0 Å². The molecule has 0 aliphatic heterocycles. The van der Waals surface area contributed by atoms with Gasteiger partial charge in [0, 0.05) is 18.2 Å². The van der Waals surface area contributed by atoms with Crippen LogP contribution in [0.1, 0.15) is 19.4 Å². The second-order valence-corrected chi connectivity index (χ2v) is 6.52. The number of fused-ring (bicyclic) bond motifs is 1. The summed E-state index contributed by atoms with van der Waals surface area (Å²) in [7, 11) is -1.91. The molecular weight excluding hydrogens is 327 g/mol. The Bertz CT molecular complexity index is 781. The highest BCUT2D eigenvalue weighted by atomic mass is 31.2. The van der Waals surface area contributed by atoms with Crippen molar-refractivity contribution in [3.8, 4) is 17.3 Å². The summed E-state index contributed by atoms with van der Waals surface area (Å²) in [5.41, 5.74) is 3.29. The molecule has 0 aliphatic carbocycles. The number of hydrogen-bond acceptors (Lipinski definition) is 5. The lowest BCUT2D eigenvalue weighted by Crippen LogP contribution is -2.01. The van der Waals surface area contributed by atoms with Gasteiger partial charge in [0.05, 0.1) is 18.8 Å². The second kappa shape index (κ2) is 8.86. The van der Waals surface area contributed by atoms with Crippen molar-refractivity contribution in [2.24, 2.45) is 0 Å². The summed E-state index contributed by atoms with van der Waals surface area (Å²) in [5, 5.41) is 1.91. The molecule has 5 nitrogen and oxygen atoms in total. The number of rotatable bonds is 7. The summed E-state index contributed by atoms with van der Waals surface area (Å²) >= 11 is 0. The summed E-state index contributed by atoms with van der Waals surface area (Å²) in [6, 6.07) is 11.5. The quantitative estimate of drug-likeness (QED) is 0.422.